The van der Waals surface area contributed by atoms with Crippen molar-refractivity contribution in [2.75, 3.05) is 7.11 Å². The third-order valence-electron chi connectivity index (χ3n) is 4.36. The van der Waals surface area contributed by atoms with Crippen LogP contribution in [0.2, 0.25) is 0 Å². The molecule has 2 rings (SSSR count). The van der Waals surface area contributed by atoms with Gasteiger partial charge in [-0.1, -0.05) is 39.8 Å². The normalized spacial score (nSPS) is 22.8. The fourth-order valence-electron chi connectivity index (χ4n) is 4.59. The minimum Gasteiger partial charge on any atom is -0.494 e. The van der Waals surface area contributed by atoms with E-state index in [9.17, 15) is 9.50 Å². The summed E-state index contributed by atoms with van der Waals surface area (Å²) in [5.41, 5.74) is -0.207. The molecule has 118 valence electrons. The lowest BCUT2D eigenvalue weighted by Gasteiger charge is -2.49. The zero-order valence-electron chi connectivity index (χ0n) is 13.8. The second kappa shape index (κ2) is 5.28. The SMILES string of the molecule is COc1cccc(CC2(O)CC(C)(C)CC(C)(C)C2)c1F. The lowest BCUT2D eigenvalue weighted by atomic mass is 9.58. The molecule has 0 spiro atoms. The van der Waals surface area contributed by atoms with Gasteiger partial charge in [-0.05, 0) is 41.7 Å². The van der Waals surface area contributed by atoms with Crippen molar-refractivity contribution in [3.05, 3.63) is 29.6 Å². The predicted octanol–water partition coefficient (Wildman–Crippen LogP) is 4.34. The van der Waals surface area contributed by atoms with E-state index >= 15 is 0 Å². The summed E-state index contributed by atoms with van der Waals surface area (Å²) in [7, 11) is 1.46. The first-order valence-electron chi connectivity index (χ1n) is 7.60. The summed E-state index contributed by atoms with van der Waals surface area (Å²) in [4.78, 5) is 0. The second-order valence-corrected chi connectivity index (χ2v) is 8.19. The number of halogens is 1. The highest BCUT2D eigenvalue weighted by Crippen LogP contribution is 2.51. The first-order valence-corrected chi connectivity index (χ1v) is 7.60. The van der Waals surface area contributed by atoms with Crippen LogP contribution in [0.3, 0.4) is 0 Å². The average Bonchev–Trinajstić information content (AvgIpc) is 2.26. The maximum atomic E-state index is 14.3. The van der Waals surface area contributed by atoms with Gasteiger partial charge in [-0.15, -0.1) is 0 Å². The summed E-state index contributed by atoms with van der Waals surface area (Å²) in [5.74, 6) is -0.111. The number of aliphatic hydroxyl groups is 1. The van der Waals surface area contributed by atoms with Gasteiger partial charge in [0.05, 0.1) is 12.7 Å². The molecule has 0 saturated heterocycles. The summed E-state index contributed by atoms with van der Waals surface area (Å²) < 4.78 is 19.4. The predicted molar refractivity (Wildman–Crippen MR) is 83.0 cm³/mol. The van der Waals surface area contributed by atoms with Gasteiger partial charge in [0.15, 0.2) is 11.6 Å². The monoisotopic (exact) mass is 294 g/mol. The molecule has 1 fully saturated rings. The molecule has 1 aromatic rings. The van der Waals surface area contributed by atoms with Crippen molar-refractivity contribution in [2.24, 2.45) is 10.8 Å². The minimum absolute atomic E-state index is 0.0614. The van der Waals surface area contributed by atoms with Gasteiger partial charge in [0.1, 0.15) is 0 Å². The van der Waals surface area contributed by atoms with E-state index in [2.05, 4.69) is 27.7 Å². The Kier molecular flexibility index (Phi) is 4.09. The molecule has 0 aromatic heterocycles. The van der Waals surface area contributed by atoms with Gasteiger partial charge in [-0.3, -0.25) is 0 Å². The number of benzene rings is 1. The fourth-order valence-corrected chi connectivity index (χ4v) is 4.59. The van der Waals surface area contributed by atoms with Gasteiger partial charge in [0, 0.05) is 6.42 Å². The van der Waals surface area contributed by atoms with Crippen LogP contribution in [-0.4, -0.2) is 17.8 Å². The zero-order valence-corrected chi connectivity index (χ0v) is 13.8. The molecule has 0 amide bonds. The number of rotatable bonds is 3. The van der Waals surface area contributed by atoms with Crippen LogP contribution < -0.4 is 4.74 Å². The van der Waals surface area contributed by atoms with E-state index in [1.54, 1.807) is 18.2 Å². The standard InChI is InChI=1S/C18H27FO2/c1-16(2)10-17(3,4)12-18(20,11-16)9-13-7-6-8-14(21-5)15(13)19/h6-8,20H,9-12H2,1-5H3. The van der Waals surface area contributed by atoms with E-state index in [0.717, 1.165) is 6.42 Å². The van der Waals surface area contributed by atoms with Gasteiger partial charge >= 0.3 is 0 Å². The van der Waals surface area contributed by atoms with E-state index in [1.807, 2.05) is 0 Å². The lowest BCUT2D eigenvalue weighted by molar-refractivity contribution is -0.0855. The van der Waals surface area contributed by atoms with Crippen molar-refractivity contribution in [3.63, 3.8) is 0 Å². The van der Waals surface area contributed by atoms with Gasteiger partial charge in [0.25, 0.3) is 0 Å². The second-order valence-electron chi connectivity index (χ2n) is 8.19. The maximum Gasteiger partial charge on any atom is 0.168 e. The summed E-state index contributed by atoms with van der Waals surface area (Å²) in [5, 5.41) is 11.1. The van der Waals surface area contributed by atoms with Crippen LogP contribution in [0, 0.1) is 16.6 Å². The zero-order chi connectivity index (χ0) is 15.9. The van der Waals surface area contributed by atoms with Gasteiger partial charge in [0.2, 0.25) is 0 Å². The van der Waals surface area contributed by atoms with Crippen molar-refractivity contribution in [1.29, 1.82) is 0 Å². The van der Waals surface area contributed by atoms with E-state index in [0.29, 0.717) is 24.8 Å². The highest BCUT2D eigenvalue weighted by molar-refractivity contribution is 5.32. The van der Waals surface area contributed by atoms with Crippen molar-refractivity contribution in [1.82, 2.24) is 0 Å². The molecule has 1 N–H and O–H groups in total. The van der Waals surface area contributed by atoms with E-state index < -0.39 is 5.60 Å². The van der Waals surface area contributed by atoms with Gasteiger partial charge in [-0.25, -0.2) is 4.39 Å². The van der Waals surface area contributed by atoms with Crippen LogP contribution in [0.15, 0.2) is 18.2 Å². The average molecular weight is 294 g/mol. The molecule has 1 aliphatic rings. The topological polar surface area (TPSA) is 29.5 Å². The van der Waals surface area contributed by atoms with Crippen LogP contribution in [0.5, 0.6) is 5.75 Å². The molecule has 0 unspecified atom stereocenters. The first-order chi connectivity index (χ1) is 9.56. The third-order valence-corrected chi connectivity index (χ3v) is 4.36. The fraction of sp³-hybridized carbons (Fsp3) is 0.667. The van der Waals surface area contributed by atoms with Crippen LogP contribution >= 0.6 is 0 Å². The minimum atomic E-state index is -0.863. The lowest BCUT2D eigenvalue weighted by Crippen LogP contribution is -2.47. The quantitative estimate of drug-likeness (QED) is 0.898. The van der Waals surface area contributed by atoms with Gasteiger partial charge < -0.3 is 9.84 Å². The summed E-state index contributed by atoms with van der Waals surface area (Å²) in [6.07, 6.45) is 2.80. The smallest absolute Gasteiger partial charge is 0.168 e. The third kappa shape index (κ3) is 3.76. The molecule has 0 radical (unpaired) electrons. The summed E-state index contributed by atoms with van der Waals surface area (Å²) in [6, 6.07) is 5.13. The van der Waals surface area contributed by atoms with Crippen LogP contribution in [0.25, 0.3) is 0 Å². The molecule has 2 nitrogen and oxygen atoms in total. The molecule has 1 aromatic carbocycles. The number of hydrogen-bond donors (Lipinski definition) is 1. The van der Waals surface area contributed by atoms with Gasteiger partial charge in [-0.2, -0.15) is 0 Å². The first kappa shape index (κ1) is 16.3. The Balaban J connectivity index is 2.29. The Labute approximate surface area is 127 Å². The van der Waals surface area contributed by atoms with Crippen molar-refractivity contribution < 1.29 is 14.2 Å². The molecular formula is C18H27FO2. The molecule has 0 atom stereocenters. The van der Waals surface area contributed by atoms with E-state index in [4.69, 9.17) is 4.74 Å². The van der Waals surface area contributed by atoms with Crippen molar-refractivity contribution >= 4 is 0 Å². The van der Waals surface area contributed by atoms with E-state index in [1.165, 1.54) is 7.11 Å². The number of ether oxygens (including phenoxy) is 1. The molecule has 21 heavy (non-hydrogen) atoms. The maximum absolute atomic E-state index is 14.3. The largest absolute Gasteiger partial charge is 0.494 e. The molecule has 1 aliphatic carbocycles. The molecule has 1 saturated carbocycles. The Morgan fingerprint density at radius 3 is 2.19 bits per heavy atom. The molecule has 3 heteroatoms. The highest BCUT2D eigenvalue weighted by atomic mass is 19.1. The molecule has 0 heterocycles. The Hall–Kier alpha value is -1.09. The summed E-state index contributed by atoms with van der Waals surface area (Å²) >= 11 is 0. The van der Waals surface area contributed by atoms with Crippen LogP contribution in [-0.2, 0) is 6.42 Å². The van der Waals surface area contributed by atoms with Crippen molar-refractivity contribution in [2.45, 2.75) is 59.0 Å². The highest BCUT2D eigenvalue weighted by Gasteiger charge is 2.46. The molecule has 0 aliphatic heterocycles. The van der Waals surface area contributed by atoms with Crippen LogP contribution in [0.1, 0.15) is 52.5 Å². The number of hydrogen-bond acceptors (Lipinski definition) is 2. The Morgan fingerprint density at radius 2 is 1.67 bits per heavy atom. The Morgan fingerprint density at radius 1 is 1.10 bits per heavy atom. The summed E-state index contributed by atoms with van der Waals surface area (Å²) in [6.45, 7) is 8.73. The van der Waals surface area contributed by atoms with Crippen molar-refractivity contribution in [3.8, 4) is 5.75 Å². The van der Waals surface area contributed by atoms with E-state index in [-0.39, 0.29) is 22.4 Å². The molecule has 0 bridgehead atoms. The van der Waals surface area contributed by atoms with Crippen LogP contribution in [0.4, 0.5) is 4.39 Å². The Bertz CT molecular complexity index is 504. The molecular weight excluding hydrogens is 267 g/mol. The number of methoxy groups -OCH3 is 1.